The van der Waals surface area contributed by atoms with Crippen molar-refractivity contribution in [1.82, 2.24) is 0 Å². The quantitative estimate of drug-likeness (QED) is 0.631. The van der Waals surface area contributed by atoms with Gasteiger partial charge in [-0.1, -0.05) is 24.3 Å². The van der Waals surface area contributed by atoms with Crippen molar-refractivity contribution in [2.45, 2.75) is 51.4 Å². The second kappa shape index (κ2) is 5.90. The van der Waals surface area contributed by atoms with Gasteiger partial charge in [-0.3, -0.25) is 4.18 Å². The minimum atomic E-state index is -0.964. The van der Waals surface area contributed by atoms with E-state index in [-0.39, 0.29) is 11.2 Å². The molecule has 0 aliphatic carbocycles. The van der Waals surface area contributed by atoms with Crippen molar-refractivity contribution >= 4 is 24.6 Å². The molecule has 1 aromatic carbocycles. The van der Waals surface area contributed by atoms with Gasteiger partial charge in [-0.25, -0.2) is 0 Å². The Kier molecular flexibility index (Phi) is 4.65. The molecule has 1 aliphatic heterocycles. The van der Waals surface area contributed by atoms with Crippen molar-refractivity contribution in [2.75, 3.05) is 6.26 Å². The Balaban J connectivity index is 2.23. The molecule has 2 rings (SSSR count). The van der Waals surface area contributed by atoms with Gasteiger partial charge in [0.15, 0.2) is 5.60 Å². The molecule has 0 spiro atoms. The van der Waals surface area contributed by atoms with Gasteiger partial charge in [0.05, 0.1) is 11.2 Å². The van der Waals surface area contributed by atoms with E-state index in [1.807, 2.05) is 52.0 Å². The van der Waals surface area contributed by atoms with Crippen LogP contribution < -0.4 is 5.46 Å². The van der Waals surface area contributed by atoms with Crippen LogP contribution in [0.4, 0.5) is 0 Å². The van der Waals surface area contributed by atoms with Gasteiger partial charge in [-0.15, -0.1) is 0 Å². The lowest BCUT2D eigenvalue weighted by Gasteiger charge is -2.32. The smallest absolute Gasteiger partial charge is 0.399 e. The predicted octanol–water partition coefficient (Wildman–Crippen LogP) is 3.02. The summed E-state index contributed by atoms with van der Waals surface area (Å²) in [7, 11) is -0.395. The zero-order valence-corrected chi connectivity index (χ0v) is 14.8. The summed E-state index contributed by atoms with van der Waals surface area (Å²) in [4.78, 5) is 0. The molecule has 1 aliphatic rings. The van der Waals surface area contributed by atoms with E-state index in [0.717, 1.165) is 11.0 Å². The number of nitrogens with zero attached hydrogens (tertiary/aromatic N) is 1. The first kappa shape index (κ1) is 17.4. The number of hydrogen-bond acceptors (Lipinski definition) is 5. The van der Waals surface area contributed by atoms with Crippen LogP contribution in [0.15, 0.2) is 24.3 Å². The molecule has 1 atom stereocenters. The number of hydrogen-bond donors (Lipinski definition) is 0. The summed E-state index contributed by atoms with van der Waals surface area (Å²) in [5.74, 6) is 0. The van der Waals surface area contributed by atoms with Crippen LogP contribution in [0, 0.1) is 11.3 Å². The second-order valence-corrected chi connectivity index (χ2v) is 7.11. The van der Waals surface area contributed by atoms with Gasteiger partial charge in [0.25, 0.3) is 0 Å². The minimum absolute atomic E-state index is 0.362. The first-order chi connectivity index (χ1) is 10.1. The zero-order valence-electron chi connectivity index (χ0n) is 14.0. The van der Waals surface area contributed by atoms with Gasteiger partial charge in [0.1, 0.15) is 6.07 Å². The summed E-state index contributed by atoms with van der Waals surface area (Å²) in [5.41, 5.74) is 0.0590. The topological polar surface area (TPSA) is 51.5 Å². The fourth-order valence-electron chi connectivity index (χ4n) is 2.24. The molecular formula is C16H22BNO3S. The zero-order chi connectivity index (χ0) is 16.6. The molecule has 4 nitrogen and oxygen atoms in total. The Hall–Kier alpha value is -0.995. The van der Waals surface area contributed by atoms with Crippen LogP contribution in [0.25, 0.3) is 0 Å². The third kappa shape index (κ3) is 3.04. The van der Waals surface area contributed by atoms with Gasteiger partial charge >= 0.3 is 7.12 Å². The van der Waals surface area contributed by atoms with Crippen molar-refractivity contribution in [2.24, 2.45) is 0 Å². The summed E-state index contributed by atoms with van der Waals surface area (Å²) in [5, 5.41) is 9.35. The molecule has 1 aromatic rings. The van der Waals surface area contributed by atoms with Crippen LogP contribution in [0.5, 0.6) is 0 Å². The molecule has 1 fully saturated rings. The second-order valence-electron chi connectivity index (χ2n) is 6.61. The predicted molar refractivity (Wildman–Crippen MR) is 89.7 cm³/mol. The fraction of sp³-hybridized carbons (Fsp3) is 0.562. The van der Waals surface area contributed by atoms with Gasteiger partial charge in [-0.05, 0) is 57.7 Å². The molecule has 1 heterocycles. The van der Waals surface area contributed by atoms with Crippen LogP contribution in [0.1, 0.15) is 40.2 Å². The monoisotopic (exact) mass is 319 g/mol. The number of nitriles is 1. The van der Waals surface area contributed by atoms with Gasteiger partial charge in [0.2, 0.25) is 0 Å². The van der Waals surface area contributed by atoms with E-state index >= 15 is 0 Å². The van der Waals surface area contributed by atoms with Crippen molar-refractivity contribution in [1.29, 1.82) is 5.26 Å². The highest BCUT2D eigenvalue weighted by atomic mass is 32.2. The fourth-order valence-corrected chi connectivity index (χ4v) is 2.70. The summed E-state index contributed by atoms with van der Waals surface area (Å²) < 4.78 is 17.5. The van der Waals surface area contributed by atoms with E-state index < -0.39 is 12.7 Å². The molecule has 1 unspecified atom stereocenters. The molecule has 6 heteroatoms. The molecule has 118 valence electrons. The Morgan fingerprint density at radius 1 is 1.14 bits per heavy atom. The van der Waals surface area contributed by atoms with Crippen LogP contribution in [0.3, 0.4) is 0 Å². The van der Waals surface area contributed by atoms with E-state index in [0.29, 0.717) is 0 Å². The van der Waals surface area contributed by atoms with E-state index in [4.69, 9.17) is 13.5 Å². The lowest BCUT2D eigenvalue weighted by atomic mass is 9.78. The first-order valence-corrected chi connectivity index (χ1v) is 8.39. The third-order valence-electron chi connectivity index (χ3n) is 4.45. The van der Waals surface area contributed by atoms with Gasteiger partial charge < -0.3 is 9.31 Å². The molecule has 0 bridgehead atoms. The maximum absolute atomic E-state index is 9.35. The molecule has 1 saturated heterocycles. The van der Waals surface area contributed by atoms with E-state index in [1.54, 1.807) is 13.2 Å². The summed E-state index contributed by atoms with van der Waals surface area (Å²) >= 11 is 1.19. The summed E-state index contributed by atoms with van der Waals surface area (Å²) in [6.45, 7) is 9.87. The van der Waals surface area contributed by atoms with Crippen molar-refractivity contribution in [3.8, 4) is 6.07 Å². The lowest BCUT2D eigenvalue weighted by Crippen LogP contribution is -2.41. The molecule has 0 N–H and O–H groups in total. The maximum atomic E-state index is 9.35. The average Bonchev–Trinajstić information content (AvgIpc) is 2.68. The highest BCUT2D eigenvalue weighted by Crippen LogP contribution is 2.36. The van der Waals surface area contributed by atoms with Crippen LogP contribution >= 0.6 is 12.0 Å². The van der Waals surface area contributed by atoms with Gasteiger partial charge in [-0.2, -0.15) is 5.26 Å². The normalized spacial score (nSPS) is 22.1. The molecule has 0 amide bonds. The Morgan fingerprint density at radius 2 is 1.64 bits per heavy atom. The van der Waals surface area contributed by atoms with Crippen LogP contribution in [-0.4, -0.2) is 24.6 Å². The Bertz CT molecular complexity index is 566. The summed E-state index contributed by atoms with van der Waals surface area (Å²) in [6.07, 6.45) is 1.80. The standard InChI is InChI=1S/C16H22BNO3S/c1-14(2)15(3,4)20-17(19-14)13-9-7-12(8-10-13)16(5,11-18)21-22-6/h7-10H,1-6H3. The van der Waals surface area contributed by atoms with Crippen LogP contribution in [-0.2, 0) is 19.1 Å². The minimum Gasteiger partial charge on any atom is -0.399 e. The maximum Gasteiger partial charge on any atom is 0.494 e. The highest BCUT2D eigenvalue weighted by Gasteiger charge is 2.51. The van der Waals surface area contributed by atoms with Crippen LogP contribution in [0.2, 0.25) is 0 Å². The Labute approximate surface area is 137 Å². The van der Waals surface area contributed by atoms with E-state index in [9.17, 15) is 5.26 Å². The van der Waals surface area contributed by atoms with E-state index in [1.165, 1.54) is 12.0 Å². The SMILES string of the molecule is CSOC(C)(C#N)c1ccc(B2OC(C)(C)C(C)(C)O2)cc1. The number of rotatable bonds is 4. The largest absolute Gasteiger partial charge is 0.494 e. The van der Waals surface area contributed by atoms with Crippen molar-refractivity contribution in [3.63, 3.8) is 0 Å². The number of benzene rings is 1. The van der Waals surface area contributed by atoms with Crippen molar-refractivity contribution in [3.05, 3.63) is 29.8 Å². The Morgan fingerprint density at radius 3 is 2.05 bits per heavy atom. The summed E-state index contributed by atoms with van der Waals surface area (Å²) in [6, 6.07) is 9.84. The van der Waals surface area contributed by atoms with E-state index in [2.05, 4.69) is 6.07 Å². The van der Waals surface area contributed by atoms with Crippen molar-refractivity contribution < 1.29 is 13.5 Å². The third-order valence-corrected chi connectivity index (χ3v) is 4.95. The first-order valence-electron chi connectivity index (χ1n) is 7.24. The molecule has 0 radical (unpaired) electrons. The lowest BCUT2D eigenvalue weighted by molar-refractivity contribution is 0.00578. The average molecular weight is 319 g/mol. The van der Waals surface area contributed by atoms with Gasteiger partial charge in [0, 0.05) is 6.26 Å². The molecular weight excluding hydrogens is 297 g/mol. The molecule has 0 saturated carbocycles. The molecule has 22 heavy (non-hydrogen) atoms. The highest BCUT2D eigenvalue weighted by molar-refractivity contribution is 7.93. The molecule has 0 aromatic heterocycles.